The summed E-state index contributed by atoms with van der Waals surface area (Å²) in [6.07, 6.45) is 1.08. The normalized spacial score (nSPS) is 15.5. The van der Waals surface area contributed by atoms with Crippen molar-refractivity contribution in [2.45, 2.75) is 34.8 Å². The number of rotatable bonds is 6. The topological polar surface area (TPSA) is 52.6 Å². The molecule has 0 amide bonds. The molecule has 2 aromatic carbocycles. The zero-order valence-corrected chi connectivity index (χ0v) is 18.5. The summed E-state index contributed by atoms with van der Waals surface area (Å²) in [6, 6.07) is 17.7. The minimum absolute atomic E-state index is 0.0354. The van der Waals surface area contributed by atoms with E-state index in [4.69, 9.17) is 9.47 Å². The van der Waals surface area contributed by atoms with Crippen molar-refractivity contribution in [1.29, 1.82) is 0 Å². The number of ether oxygens (including phenoxy) is 2. The average molecular weight is 439 g/mol. The predicted octanol–water partition coefficient (Wildman–Crippen LogP) is 6.00. The number of carbonyl (C=O) groups excluding carboxylic acids is 2. The zero-order chi connectivity index (χ0) is 21.1. The predicted molar refractivity (Wildman–Crippen MR) is 119 cm³/mol. The number of benzene rings is 2. The van der Waals surface area contributed by atoms with Crippen LogP contribution < -0.4 is 4.74 Å². The van der Waals surface area contributed by atoms with E-state index in [1.54, 1.807) is 14.0 Å². The average Bonchev–Trinajstić information content (AvgIpc) is 3.13. The molecule has 4 nitrogen and oxygen atoms in total. The van der Waals surface area contributed by atoms with Crippen LogP contribution in [-0.4, -0.2) is 25.5 Å². The van der Waals surface area contributed by atoms with E-state index in [0.29, 0.717) is 29.9 Å². The maximum Gasteiger partial charge on any atom is 0.348 e. The first-order chi connectivity index (χ1) is 14.6. The molecule has 0 N–H and O–H groups in total. The van der Waals surface area contributed by atoms with Crippen LogP contribution in [0, 0.1) is 0 Å². The second kappa shape index (κ2) is 9.06. The highest BCUT2D eigenvalue weighted by Crippen LogP contribution is 2.46. The fourth-order valence-electron chi connectivity index (χ4n) is 3.70. The number of ketones is 1. The molecule has 0 radical (unpaired) electrons. The Balaban J connectivity index is 1.72. The van der Waals surface area contributed by atoms with Gasteiger partial charge in [0.15, 0.2) is 5.78 Å². The third-order valence-electron chi connectivity index (χ3n) is 5.14. The standard InChI is InChI=1S/C24H22O4S2/c1-3-28-23(26)22-19-13-16(15-9-11-17(27-2)12-10-15)14-20(25)21(19)24(30-22)29-18-7-5-4-6-8-18/h4-12,16H,3,13-14H2,1-2H3. The summed E-state index contributed by atoms with van der Waals surface area (Å²) in [5.74, 6) is 0.559. The maximum absolute atomic E-state index is 13.2. The largest absolute Gasteiger partial charge is 0.497 e. The lowest BCUT2D eigenvalue weighted by atomic mass is 9.80. The Kier molecular flexibility index (Phi) is 6.25. The van der Waals surface area contributed by atoms with Crippen LogP contribution in [-0.2, 0) is 11.2 Å². The SMILES string of the molecule is CCOC(=O)c1sc(Sc2ccccc2)c2c1CC(c1ccc(OC)cc1)CC2=O. The van der Waals surface area contributed by atoms with E-state index < -0.39 is 0 Å². The molecule has 0 fully saturated rings. The van der Waals surface area contributed by atoms with Gasteiger partial charge in [-0.3, -0.25) is 4.79 Å². The first-order valence-electron chi connectivity index (χ1n) is 9.83. The molecule has 1 aromatic heterocycles. The molecule has 4 rings (SSSR count). The number of hydrogen-bond donors (Lipinski definition) is 0. The number of thiophene rings is 1. The molecule has 1 aliphatic rings. The van der Waals surface area contributed by atoms with Crippen LogP contribution in [0.1, 0.15) is 50.4 Å². The minimum atomic E-state index is -0.346. The molecule has 1 heterocycles. The van der Waals surface area contributed by atoms with Gasteiger partial charge in [-0.05, 0) is 54.7 Å². The van der Waals surface area contributed by atoms with Crippen molar-refractivity contribution in [3.63, 3.8) is 0 Å². The molecule has 0 saturated carbocycles. The van der Waals surface area contributed by atoms with Crippen LogP contribution in [0.5, 0.6) is 5.75 Å². The Morgan fingerprint density at radius 3 is 2.50 bits per heavy atom. The quantitative estimate of drug-likeness (QED) is 0.442. The number of fused-ring (bicyclic) bond motifs is 1. The minimum Gasteiger partial charge on any atom is -0.497 e. The van der Waals surface area contributed by atoms with Gasteiger partial charge in [-0.1, -0.05) is 42.1 Å². The second-order valence-electron chi connectivity index (χ2n) is 7.01. The molecule has 1 unspecified atom stereocenters. The molecule has 3 aromatic rings. The fourth-order valence-corrected chi connectivity index (χ4v) is 6.23. The molecule has 1 aliphatic carbocycles. The van der Waals surface area contributed by atoms with E-state index in [-0.39, 0.29) is 17.7 Å². The third kappa shape index (κ3) is 4.16. The first-order valence-corrected chi connectivity index (χ1v) is 11.5. The van der Waals surface area contributed by atoms with E-state index in [9.17, 15) is 9.59 Å². The van der Waals surface area contributed by atoms with Crippen molar-refractivity contribution in [2.75, 3.05) is 13.7 Å². The Morgan fingerprint density at radius 1 is 1.10 bits per heavy atom. The molecular formula is C24H22O4S2. The van der Waals surface area contributed by atoms with Crippen LogP contribution in [0.25, 0.3) is 0 Å². The molecule has 154 valence electrons. The van der Waals surface area contributed by atoms with E-state index in [1.807, 2.05) is 54.6 Å². The summed E-state index contributed by atoms with van der Waals surface area (Å²) in [5, 5.41) is 0. The molecule has 0 spiro atoms. The maximum atomic E-state index is 13.2. The van der Waals surface area contributed by atoms with Gasteiger partial charge in [-0.2, -0.15) is 0 Å². The first kappa shape index (κ1) is 20.7. The number of hydrogen-bond acceptors (Lipinski definition) is 6. The Labute approximate surface area is 184 Å². The molecule has 6 heteroatoms. The van der Waals surface area contributed by atoms with Crippen molar-refractivity contribution in [3.8, 4) is 5.75 Å². The van der Waals surface area contributed by atoms with Gasteiger partial charge in [-0.15, -0.1) is 11.3 Å². The molecule has 0 saturated heterocycles. The summed E-state index contributed by atoms with van der Waals surface area (Å²) in [6.45, 7) is 2.10. The van der Waals surface area contributed by atoms with Gasteiger partial charge in [0.05, 0.1) is 17.9 Å². The Bertz CT molecular complexity index is 1050. The van der Waals surface area contributed by atoms with Gasteiger partial charge in [0.25, 0.3) is 0 Å². The summed E-state index contributed by atoms with van der Waals surface area (Å²) < 4.78 is 11.4. The van der Waals surface area contributed by atoms with Crippen molar-refractivity contribution in [1.82, 2.24) is 0 Å². The summed E-state index contributed by atoms with van der Waals surface area (Å²) in [7, 11) is 1.63. The van der Waals surface area contributed by atoms with Crippen LogP contribution >= 0.6 is 23.1 Å². The Morgan fingerprint density at radius 2 is 1.83 bits per heavy atom. The van der Waals surface area contributed by atoms with Crippen molar-refractivity contribution < 1.29 is 19.1 Å². The van der Waals surface area contributed by atoms with Crippen LogP contribution in [0.15, 0.2) is 63.7 Å². The van der Waals surface area contributed by atoms with Crippen LogP contribution in [0.3, 0.4) is 0 Å². The molecular weight excluding hydrogens is 416 g/mol. The molecule has 30 heavy (non-hydrogen) atoms. The smallest absolute Gasteiger partial charge is 0.348 e. The van der Waals surface area contributed by atoms with Gasteiger partial charge in [0.2, 0.25) is 0 Å². The van der Waals surface area contributed by atoms with E-state index in [2.05, 4.69) is 0 Å². The zero-order valence-electron chi connectivity index (χ0n) is 16.8. The Hall–Kier alpha value is -2.57. The summed E-state index contributed by atoms with van der Waals surface area (Å²) >= 11 is 2.91. The van der Waals surface area contributed by atoms with E-state index >= 15 is 0 Å². The van der Waals surface area contributed by atoms with Gasteiger partial charge >= 0.3 is 5.97 Å². The van der Waals surface area contributed by atoms with Crippen molar-refractivity contribution in [3.05, 3.63) is 76.2 Å². The highest BCUT2D eigenvalue weighted by Gasteiger charge is 2.35. The lowest BCUT2D eigenvalue weighted by Gasteiger charge is -2.23. The number of Topliss-reactive ketones (excluding diaryl/α,β-unsaturated/α-hetero) is 1. The monoisotopic (exact) mass is 438 g/mol. The van der Waals surface area contributed by atoms with Gasteiger partial charge in [0, 0.05) is 16.9 Å². The molecule has 0 bridgehead atoms. The number of carbonyl (C=O) groups is 2. The van der Waals surface area contributed by atoms with E-state index in [1.165, 1.54) is 23.1 Å². The van der Waals surface area contributed by atoms with Crippen molar-refractivity contribution >= 4 is 34.9 Å². The van der Waals surface area contributed by atoms with Gasteiger partial charge in [0.1, 0.15) is 10.6 Å². The van der Waals surface area contributed by atoms with Gasteiger partial charge in [-0.25, -0.2) is 4.79 Å². The molecule has 1 atom stereocenters. The van der Waals surface area contributed by atoms with E-state index in [0.717, 1.165) is 26.0 Å². The number of methoxy groups -OCH3 is 1. The number of esters is 1. The van der Waals surface area contributed by atoms with Gasteiger partial charge < -0.3 is 9.47 Å². The summed E-state index contributed by atoms with van der Waals surface area (Å²) in [4.78, 5) is 27.5. The fraction of sp³-hybridized carbons (Fsp3) is 0.250. The lowest BCUT2D eigenvalue weighted by Crippen LogP contribution is -2.20. The summed E-state index contributed by atoms with van der Waals surface area (Å²) in [5.41, 5.74) is 2.60. The third-order valence-corrected chi connectivity index (χ3v) is 7.54. The molecule has 0 aliphatic heterocycles. The lowest BCUT2D eigenvalue weighted by molar-refractivity contribution is 0.0531. The second-order valence-corrected chi connectivity index (χ2v) is 9.37. The van der Waals surface area contributed by atoms with Crippen molar-refractivity contribution in [2.24, 2.45) is 0 Å². The highest BCUT2D eigenvalue weighted by atomic mass is 32.2. The van der Waals surface area contributed by atoms with Crippen LogP contribution in [0.4, 0.5) is 0 Å². The van der Waals surface area contributed by atoms with Crippen LogP contribution in [0.2, 0.25) is 0 Å². The highest BCUT2D eigenvalue weighted by molar-refractivity contribution is 8.01.